The first-order chi connectivity index (χ1) is 10.6. The Labute approximate surface area is 143 Å². The van der Waals surface area contributed by atoms with Crippen LogP contribution in [0.4, 0.5) is 5.69 Å². The lowest BCUT2D eigenvalue weighted by Gasteiger charge is -2.01. The summed E-state index contributed by atoms with van der Waals surface area (Å²) >= 11 is 6.58. The van der Waals surface area contributed by atoms with Crippen molar-refractivity contribution in [3.05, 3.63) is 56.5 Å². The lowest BCUT2D eigenvalue weighted by Crippen LogP contribution is -2.13. The number of para-hydroxylation sites is 1. The maximum Gasteiger partial charge on any atom is 0.276 e. The molecule has 1 heterocycles. The van der Waals surface area contributed by atoms with Crippen LogP contribution in [-0.2, 0) is 4.79 Å². The quantitative estimate of drug-likeness (QED) is 0.572. The van der Waals surface area contributed by atoms with Crippen molar-refractivity contribution in [3.63, 3.8) is 0 Å². The number of nitrogens with one attached hydrogen (secondary N) is 1. The number of phenolic OH excluding ortho intramolecular Hbond substituents is 1. The standard InChI is InChI=1S/C15H9Br2N3O2/c16-9-5-8(14(21)11(17)6-9)7-18-20-13-10-3-1-2-4-12(10)19-15(13)22/h1-7,21H,(H,19,20,22). The molecule has 5 nitrogen and oxygen atoms in total. The van der Waals surface area contributed by atoms with Crippen LogP contribution in [0.3, 0.4) is 0 Å². The van der Waals surface area contributed by atoms with Crippen LogP contribution >= 0.6 is 31.9 Å². The third-order valence-corrected chi connectivity index (χ3v) is 4.12. The summed E-state index contributed by atoms with van der Waals surface area (Å²) in [6.07, 6.45) is 1.39. The molecule has 2 aromatic rings. The van der Waals surface area contributed by atoms with Crippen molar-refractivity contribution in [1.82, 2.24) is 0 Å². The van der Waals surface area contributed by atoms with Crippen molar-refractivity contribution >= 4 is 55.4 Å². The van der Waals surface area contributed by atoms with Crippen LogP contribution in [0.15, 0.2) is 55.5 Å². The van der Waals surface area contributed by atoms with Crippen LogP contribution in [0.1, 0.15) is 11.1 Å². The average molecular weight is 423 g/mol. The summed E-state index contributed by atoms with van der Waals surface area (Å²) in [4.78, 5) is 11.9. The number of phenols is 1. The van der Waals surface area contributed by atoms with Gasteiger partial charge in [-0.2, -0.15) is 5.10 Å². The van der Waals surface area contributed by atoms with Crippen molar-refractivity contribution in [3.8, 4) is 5.75 Å². The fourth-order valence-electron chi connectivity index (χ4n) is 2.03. The van der Waals surface area contributed by atoms with Gasteiger partial charge >= 0.3 is 0 Å². The van der Waals surface area contributed by atoms with E-state index in [1.165, 1.54) is 6.21 Å². The molecule has 0 aromatic heterocycles. The zero-order valence-corrected chi connectivity index (χ0v) is 14.2. The van der Waals surface area contributed by atoms with E-state index in [0.717, 1.165) is 10.2 Å². The fourth-order valence-corrected chi connectivity index (χ4v) is 3.29. The molecule has 1 aliphatic heterocycles. The van der Waals surface area contributed by atoms with Crippen molar-refractivity contribution < 1.29 is 9.90 Å². The molecule has 2 N–H and O–H groups in total. The molecule has 0 fully saturated rings. The molecule has 0 unspecified atom stereocenters. The van der Waals surface area contributed by atoms with E-state index in [9.17, 15) is 9.90 Å². The van der Waals surface area contributed by atoms with E-state index >= 15 is 0 Å². The van der Waals surface area contributed by atoms with Crippen molar-refractivity contribution in [2.45, 2.75) is 0 Å². The first-order valence-electron chi connectivity index (χ1n) is 6.26. The molecule has 0 aliphatic carbocycles. The molecule has 0 saturated carbocycles. The number of carbonyl (C=O) groups excluding carboxylic acids is 1. The second kappa shape index (κ2) is 6.02. The summed E-state index contributed by atoms with van der Waals surface area (Å²) in [5, 5.41) is 20.5. The SMILES string of the molecule is O=C1Nc2ccccc2C1=NN=Cc1cc(Br)cc(Br)c1O. The Morgan fingerprint density at radius 3 is 2.77 bits per heavy atom. The van der Waals surface area contributed by atoms with E-state index in [0.29, 0.717) is 15.6 Å². The summed E-state index contributed by atoms with van der Waals surface area (Å²) in [5.74, 6) is -0.235. The summed E-state index contributed by atoms with van der Waals surface area (Å²) in [6.45, 7) is 0. The lowest BCUT2D eigenvalue weighted by molar-refractivity contribution is -0.110. The monoisotopic (exact) mass is 421 g/mol. The van der Waals surface area contributed by atoms with Crippen molar-refractivity contribution in [1.29, 1.82) is 0 Å². The zero-order valence-electron chi connectivity index (χ0n) is 11.0. The second-order valence-corrected chi connectivity index (χ2v) is 6.29. The van der Waals surface area contributed by atoms with Crippen LogP contribution < -0.4 is 5.32 Å². The molecule has 7 heteroatoms. The Balaban J connectivity index is 1.93. The first-order valence-corrected chi connectivity index (χ1v) is 7.84. The molecule has 0 saturated heterocycles. The normalized spacial score (nSPS) is 15.4. The minimum absolute atomic E-state index is 0.0587. The van der Waals surface area contributed by atoms with Crippen LogP contribution in [0.2, 0.25) is 0 Å². The van der Waals surface area contributed by atoms with Gasteiger partial charge in [0.15, 0.2) is 5.71 Å². The van der Waals surface area contributed by atoms with E-state index in [4.69, 9.17) is 0 Å². The van der Waals surface area contributed by atoms with Gasteiger partial charge in [0.25, 0.3) is 5.91 Å². The fraction of sp³-hybridized carbons (Fsp3) is 0. The molecule has 0 spiro atoms. The maximum atomic E-state index is 11.9. The number of hydrogen-bond acceptors (Lipinski definition) is 4. The Kier molecular flexibility index (Phi) is 4.08. The third kappa shape index (κ3) is 2.82. The first kappa shape index (κ1) is 14.9. The Bertz CT molecular complexity index is 832. The minimum atomic E-state index is -0.294. The van der Waals surface area contributed by atoms with E-state index in [1.54, 1.807) is 24.3 Å². The number of benzene rings is 2. The van der Waals surface area contributed by atoms with Crippen LogP contribution in [0.25, 0.3) is 0 Å². The second-order valence-electron chi connectivity index (χ2n) is 4.52. The smallest absolute Gasteiger partial charge is 0.276 e. The third-order valence-electron chi connectivity index (χ3n) is 3.06. The molecular weight excluding hydrogens is 414 g/mol. The van der Waals surface area contributed by atoms with Crippen LogP contribution in [0.5, 0.6) is 5.75 Å². The predicted molar refractivity (Wildman–Crippen MR) is 92.7 cm³/mol. The highest BCUT2D eigenvalue weighted by molar-refractivity contribution is 9.11. The van der Waals surface area contributed by atoms with E-state index < -0.39 is 0 Å². The van der Waals surface area contributed by atoms with E-state index in [-0.39, 0.29) is 17.4 Å². The number of anilines is 1. The van der Waals surface area contributed by atoms with Crippen LogP contribution in [-0.4, -0.2) is 22.9 Å². The topological polar surface area (TPSA) is 74.0 Å². The largest absolute Gasteiger partial charge is 0.506 e. The molecule has 2 aromatic carbocycles. The number of carbonyl (C=O) groups is 1. The van der Waals surface area contributed by atoms with E-state index in [1.807, 2.05) is 12.1 Å². The number of amides is 1. The van der Waals surface area contributed by atoms with E-state index in [2.05, 4.69) is 47.4 Å². The molecule has 1 amide bonds. The molecule has 0 radical (unpaired) electrons. The summed E-state index contributed by atoms with van der Waals surface area (Å²) in [6, 6.07) is 10.7. The summed E-state index contributed by atoms with van der Waals surface area (Å²) in [5.41, 5.74) is 2.16. The van der Waals surface area contributed by atoms with Gasteiger partial charge in [0.2, 0.25) is 0 Å². The van der Waals surface area contributed by atoms with Crippen molar-refractivity contribution in [2.24, 2.45) is 10.2 Å². The molecule has 0 atom stereocenters. The number of aromatic hydroxyl groups is 1. The number of nitrogens with zero attached hydrogens (tertiary/aromatic N) is 2. The van der Waals surface area contributed by atoms with Gasteiger partial charge in [-0.25, -0.2) is 0 Å². The van der Waals surface area contributed by atoms with Crippen molar-refractivity contribution in [2.75, 3.05) is 5.32 Å². The highest BCUT2D eigenvalue weighted by Gasteiger charge is 2.25. The molecule has 0 bridgehead atoms. The number of hydrogen-bond donors (Lipinski definition) is 2. The molecule has 110 valence electrons. The number of halogens is 2. The highest BCUT2D eigenvalue weighted by Crippen LogP contribution is 2.30. The Morgan fingerprint density at radius 1 is 1.18 bits per heavy atom. The lowest BCUT2D eigenvalue weighted by atomic mass is 10.1. The number of fused-ring (bicyclic) bond motifs is 1. The van der Waals surface area contributed by atoms with Gasteiger partial charge in [-0.3, -0.25) is 4.79 Å². The van der Waals surface area contributed by atoms with Gasteiger partial charge in [0, 0.05) is 15.6 Å². The van der Waals surface area contributed by atoms with Gasteiger partial charge in [0.05, 0.1) is 16.4 Å². The van der Waals surface area contributed by atoms with Gasteiger partial charge in [0.1, 0.15) is 5.75 Å². The highest BCUT2D eigenvalue weighted by atomic mass is 79.9. The minimum Gasteiger partial charge on any atom is -0.506 e. The summed E-state index contributed by atoms with van der Waals surface area (Å²) in [7, 11) is 0. The summed E-state index contributed by atoms with van der Waals surface area (Å²) < 4.78 is 1.33. The zero-order chi connectivity index (χ0) is 15.7. The number of rotatable bonds is 2. The maximum absolute atomic E-state index is 11.9. The molecular formula is C15H9Br2N3O2. The molecule has 3 rings (SSSR count). The van der Waals surface area contributed by atoms with Gasteiger partial charge in [-0.15, -0.1) is 5.10 Å². The van der Waals surface area contributed by atoms with Gasteiger partial charge in [-0.05, 0) is 34.1 Å². The molecule has 1 aliphatic rings. The van der Waals surface area contributed by atoms with Gasteiger partial charge in [-0.1, -0.05) is 34.1 Å². The Hall–Kier alpha value is -1.99. The average Bonchev–Trinajstić information content (AvgIpc) is 2.80. The molecule has 22 heavy (non-hydrogen) atoms. The Morgan fingerprint density at radius 2 is 1.95 bits per heavy atom. The van der Waals surface area contributed by atoms with Gasteiger partial charge < -0.3 is 10.4 Å². The van der Waals surface area contributed by atoms with Crippen LogP contribution in [0, 0.1) is 0 Å². The predicted octanol–water partition coefficient (Wildman–Crippen LogP) is 3.69.